The number of morpholine rings is 1. The van der Waals surface area contributed by atoms with E-state index in [0.717, 1.165) is 45.4 Å². The quantitative estimate of drug-likeness (QED) is 0.401. The third kappa shape index (κ3) is 7.38. The highest BCUT2D eigenvalue weighted by atomic mass is 32.2. The molecular weight excluding hydrogens is 284 g/mol. The number of rotatable bonds is 8. The topological polar surface area (TPSA) is 48.9 Å². The number of nitrogens with zero attached hydrogens (tertiary/aromatic N) is 2. The van der Waals surface area contributed by atoms with Gasteiger partial charge in [-0.3, -0.25) is 9.89 Å². The predicted molar refractivity (Wildman–Crippen MR) is 93.4 cm³/mol. The molecule has 1 heterocycles. The fourth-order valence-electron chi connectivity index (χ4n) is 2.54. The first-order valence-electron chi connectivity index (χ1n) is 7.94. The van der Waals surface area contributed by atoms with Crippen LogP contribution in [-0.2, 0) is 4.74 Å². The van der Waals surface area contributed by atoms with Gasteiger partial charge in [0.15, 0.2) is 5.96 Å². The van der Waals surface area contributed by atoms with Crippen LogP contribution in [-0.4, -0.2) is 75.4 Å². The second-order valence-corrected chi connectivity index (χ2v) is 6.67. The zero-order valence-electron chi connectivity index (χ0n) is 14.0. The molecule has 0 aromatic heterocycles. The van der Waals surface area contributed by atoms with E-state index in [2.05, 4.69) is 40.6 Å². The molecule has 5 nitrogen and oxygen atoms in total. The molecule has 1 aliphatic rings. The van der Waals surface area contributed by atoms with Gasteiger partial charge in [-0.1, -0.05) is 13.8 Å². The molecule has 0 aliphatic carbocycles. The SMILES string of the molecule is CN=C(NCCCSC)NCC(C(C)C)N1CCOCC1. The Kier molecular flexibility index (Phi) is 9.87. The zero-order valence-corrected chi connectivity index (χ0v) is 14.8. The van der Waals surface area contributed by atoms with Crippen LogP contribution in [0.25, 0.3) is 0 Å². The molecule has 1 fully saturated rings. The van der Waals surface area contributed by atoms with Crippen LogP contribution >= 0.6 is 11.8 Å². The van der Waals surface area contributed by atoms with E-state index in [4.69, 9.17) is 4.74 Å². The molecule has 1 atom stereocenters. The molecule has 0 bridgehead atoms. The number of thioether (sulfide) groups is 1. The summed E-state index contributed by atoms with van der Waals surface area (Å²) in [6, 6.07) is 0.527. The summed E-state index contributed by atoms with van der Waals surface area (Å²) < 4.78 is 5.45. The molecule has 0 amide bonds. The van der Waals surface area contributed by atoms with Crippen LogP contribution in [0.5, 0.6) is 0 Å². The van der Waals surface area contributed by atoms with E-state index in [1.165, 1.54) is 12.2 Å². The number of nitrogens with one attached hydrogen (secondary N) is 2. The summed E-state index contributed by atoms with van der Waals surface area (Å²) in [4.78, 5) is 6.84. The van der Waals surface area contributed by atoms with E-state index >= 15 is 0 Å². The Morgan fingerprint density at radius 2 is 2.00 bits per heavy atom. The van der Waals surface area contributed by atoms with E-state index < -0.39 is 0 Å². The average molecular weight is 317 g/mol. The van der Waals surface area contributed by atoms with E-state index in [1.54, 1.807) is 0 Å². The predicted octanol–water partition coefficient (Wildman–Crippen LogP) is 1.26. The van der Waals surface area contributed by atoms with Crippen LogP contribution in [0.1, 0.15) is 20.3 Å². The van der Waals surface area contributed by atoms with Crippen LogP contribution in [0.4, 0.5) is 0 Å². The van der Waals surface area contributed by atoms with E-state index in [-0.39, 0.29) is 0 Å². The molecule has 21 heavy (non-hydrogen) atoms. The number of ether oxygens (including phenoxy) is 1. The molecule has 0 spiro atoms. The Balaban J connectivity index is 2.36. The minimum atomic E-state index is 0.527. The highest BCUT2D eigenvalue weighted by molar-refractivity contribution is 7.98. The summed E-state index contributed by atoms with van der Waals surface area (Å²) in [5.41, 5.74) is 0. The van der Waals surface area contributed by atoms with Crippen molar-refractivity contribution in [2.75, 3.05) is 58.4 Å². The van der Waals surface area contributed by atoms with Gasteiger partial charge in [0.1, 0.15) is 0 Å². The minimum absolute atomic E-state index is 0.527. The molecule has 1 saturated heterocycles. The lowest BCUT2D eigenvalue weighted by molar-refractivity contribution is 0.00752. The Morgan fingerprint density at radius 3 is 2.57 bits per heavy atom. The normalized spacial score (nSPS) is 18.8. The first-order chi connectivity index (χ1) is 10.2. The zero-order chi connectivity index (χ0) is 15.5. The van der Waals surface area contributed by atoms with E-state index in [9.17, 15) is 0 Å². The fraction of sp³-hybridized carbons (Fsp3) is 0.933. The molecule has 6 heteroatoms. The molecule has 0 saturated carbocycles. The number of guanidine groups is 1. The number of hydrogen-bond acceptors (Lipinski definition) is 4. The third-order valence-electron chi connectivity index (χ3n) is 3.80. The molecule has 124 valence electrons. The molecular formula is C15H32N4OS. The number of hydrogen-bond donors (Lipinski definition) is 2. The van der Waals surface area contributed by atoms with Gasteiger partial charge in [0.05, 0.1) is 13.2 Å². The highest BCUT2D eigenvalue weighted by Crippen LogP contribution is 2.12. The van der Waals surface area contributed by atoms with Crippen LogP contribution in [0, 0.1) is 5.92 Å². The molecule has 0 aromatic rings. The Hall–Kier alpha value is -0.460. The first kappa shape index (κ1) is 18.6. The summed E-state index contributed by atoms with van der Waals surface area (Å²) in [6.45, 7) is 10.3. The van der Waals surface area contributed by atoms with Crippen LogP contribution in [0.15, 0.2) is 4.99 Å². The van der Waals surface area contributed by atoms with Crippen molar-refractivity contribution in [1.82, 2.24) is 15.5 Å². The van der Waals surface area contributed by atoms with Crippen molar-refractivity contribution in [3.63, 3.8) is 0 Å². The minimum Gasteiger partial charge on any atom is -0.379 e. The second kappa shape index (κ2) is 11.2. The molecule has 0 aromatic carbocycles. The van der Waals surface area contributed by atoms with Crippen molar-refractivity contribution in [2.24, 2.45) is 10.9 Å². The van der Waals surface area contributed by atoms with Gasteiger partial charge in [0.2, 0.25) is 0 Å². The monoisotopic (exact) mass is 316 g/mol. The van der Waals surface area contributed by atoms with Crippen molar-refractivity contribution in [1.29, 1.82) is 0 Å². The lowest BCUT2D eigenvalue weighted by Crippen LogP contribution is -2.52. The van der Waals surface area contributed by atoms with Crippen molar-refractivity contribution in [3.05, 3.63) is 0 Å². The lowest BCUT2D eigenvalue weighted by Gasteiger charge is -2.37. The molecule has 0 radical (unpaired) electrons. The third-order valence-corrected chi connectivity index (χ3v) is 4.50. The summed E-state index contributed by atoms with van der Waals surface area (Å²) in [5.74, 6) is 2.71. The van der Waals surface area contributed by atoms with Crippen LogP contribution in [0.3, 0.4) is 0 Å². The largest absolute Gasteiger partial charge is 0.379 e. The van der Waals surface area contributed by atoms with Gasteiger partial charge < -0.3 is 15.4 Å². The smallest absolute Gasteiger partial charge is 0.191 e. The first-order valence-corrected chi connectivity index (χ1v) is 9.33. The maximum absolute atomic E-state index is 5.45. The average Bonchev–Trinajstić information content (AvgIpc) is 2.50. The summed E-state index contributed by atoms with van der Waals surface area (Å²) in [6.07, 6.45) is 3.31. The fourth-order valence-corrected chi connectivity index (χ4v) is 2.97. The van der Waals surface area contributed by atoms with Crippen molar-refractivity contribution < 1.29 is 4.74 Å². The summed E-state index contributed by atoms with van der Waals surface area (Å²) >= 11 is 1.88. The molecule has 2 N–H and O–H groups in total. The van der Waals surface area contributed by atoms with Gasteiger partial charge in [0.25, 0.3) is 0 Å². The molecule has 1 aliphatic heterocycles. The maximum Gasteiger partial charge on any atom is 0.191 e. The van der Waals surface area contributed by atoms with E-state index in [1.807, 2.05) is 18.8 Å². The standard InChI is InChI=1S/C15H32N4OS/c1-13(2)14(19-7-9-20-10-8-19)12-18-15(16-3)17-6-5-11-21-4/h13-14H,5-12H2,1-4H3,(H2,16,17,18). The maximum atomic E-state index is 5.45. The van der Waals surface area contributed by atoms with Crippen molar-refractivity contribution in [2.45, 2.75) is 26.3 Å². The Morgan fingerprint density at radius 1 is 1.29 bits per heavy atom. The van der Waals surface area contributed by atoms with Gasteiger partial charge >= 0.3 is 0 Å². The Labute approximate surface area is 134 Å². The molecule has 1 unspecified atom stereocenters. The Bertz CT molecular complexity index is 293. The van der Waals surface area contributed by atoms with Gasteiger partial charge in [-0.25, -0.2) is 0 Å². The van der Waals surface area contributed by atoms with Crippen LogP contribution in [0.2, 0.25) is 0 Å². The van der Waals surface area contributed by atoms with Crippen molar-refractivity contribution in [3.8, 4) is 0 Å². The lowest BCUT2D eigenvalue weighted by atomic mass is 10.0. The van der Waals surface area contributed by atoms with Gasteiger partial charge in [-0.2, -0.15) is 11.8 Å². The van der Waals surface area contributed by atoms with Crippen molar-refractivity contribution >= 4 is 17.7 Å². The van der Waals surface area contributed by atoms with Gasteiger partial charge in [-0.05, 0) is 24.3 Å². The van der Waals surface area contributed by atoms with E-state index in [0.29, 0.717) is 12.0 Å². The second-order valence-electron chi connectivity index (χ2n) is 5.69. The number of aliphatic imine (C=N–C) groups is 1. The van der Waals surface area contributed by atoms with Gasteiger partial charge in [-0.15, -0.1) is 0 Å². The van der Waals surface area contributed by atoms with Crippen LogP contribution < -0.4 is 10.6 Å². The summed E-state index contributed by atoms with van der Waals surface area (Å²) in [5, 5.41) is 6.86. The van der Waals surface area contributed by atoms with Gasteiger partial charge in [0, 0.05) is 39.3 Å². The summed E-state index contributed by atoms with van der Waals surface area (Å²) in [7, 11) is 1.84. The molecule has 1 rings (SSSR count). The highest BCUT2D eigenvalue weighted by Gasteiger charge is 2.23.